The number of benzene rings is 6. The maximum atomic E-state index is 9.48. The van der Waals surface area contributed by atoms with Gasteiger partial charge in [-0.2, -0.15) is 0 Å². The smallest absolute Gasteiger partial charge is 0.169 e. The minimum Gasteiger partial charge on any atom is -0.487 e. The molecule has 0 aliphatic carbocycles. The van der Waals surface area contributed by atoms with Crippen LogP contribution in [0.5, 0.6) is 11.5 Å². The lowest BCUT2D eigenvalue weighted by molar-refractivity contribution is 0.179. The van der Waals surface area contributed by atoms with Gasteiger partial charge in [0.1, 0.15) is 13.2 Å². The fourth-order valence-corrected chi connectivity index (χ4v) is 5.20. The molecule has 0 amide bonds. The lowest BCUT2D eigenvalue weighted by Gasteiger charge is -2.18. The van der Waals surface area contributed by atoms with Crippen LogP contribution < -0.4 is 9.47 Å². The van der Waals surface area contributed by atoms with Crippen LogP contribution in [-0.4, -0.2) is 36.6 Å². The molecule has 6 aromatic rings. The Morgan fingerprint density at radius 2 is 1.00 bits per heavy atom. The van der Waals surface area contributed by atoms with Crippen molar-refractivity contribution >= 4 is 43.1 Å². The Bertz CT molecular complexity index is 1720. The van der Waals surface area contributed by atoms with Crippen molar-refractivity contribution in [1.82, 2.24) is 0 Å². The second-order valence-corrected chi connectivity index (χ2v) is 8.79. The third-order valence-electron chi connectivity index (χ3n) is 6.70. The molecule has 0 saturated carbocycles. The summed E-state index contributed by atoms with van der Waals surface area (Å²) in [5.41, 5.74) is 2.25. The first-order valence-corrected chi connectivity index (χ1v) is 12.2. The van der Waals surface area contributed by atoms with E-state index in [4.69, 9.17) is 9.47 Å². The topological polar surface area (TPSA) is 58.9 Å². The molecule has 6 rings (SSSR count). The molecule has 2 N–H and O–H groups in total. The van der Waals surface area contributed by atoms with Crippen LogP contribution in [0.2, 0.25) is 0 Å². The van der Waals surface area contributed by atoms with Crippen LogP contribution in [0.4, 0.5) is 0 Å². The average Bonchev–Trinajstić information content (AvgIpc) is 2.94. The van der Waals surface area contributed by atoms with Gasteiger partial charge >= 0.3 is 0 Å². The predicted octanol–water partition coefficient (Wildman–Crippen LogP) is 6.71. The highest BCUT2D eigenvalue weighted by molar-refractivity contribution is 6.21. The van der Waals surface area contributed by atoms with Gasteiger partial charge in [0, 0.05) is 5.39 Å². The van der Waals surface area contributed by atoms with E-state index in [0.717, 1.165) is 32.7 Å². The van der Waals surface area contributed by atoms with Gasteiger partial charge in [0.15, 0.2) is 11.5 Å². The van der Waals surface area contributed by atoms with E-state index in [1.54, 1.807) is 0 Å². The van der Waals surface area contributed by atoms with E-state index >= 15 is 0 Å². The number of ether oxygens (including phenoxy) is 2. The summed E-state index contributed by atoms with van der Waals surface area (Å²) in [7, 11) is 0. The third kappa shape index (κ3) is 3.72. The highest BCUT2D eigenvalue weighted by Gasteiger charge is 2.18. The molecule has 178 valence electrons. The minimum absolute atomic E-state index is 0.0937. The van der Waals surface area contributed by atoms with Crippen LogP contribution >= 0.6 is 0 Å². The summed E-state index contributed by atoms with van der Waals surface area (Å²) >= 11 is 0. The summed E-state index contributed by atoms with van der Waals surface area (Å²) in [5, 5.41) is 27.8. The van der Waals surface area contributed by atoms with Gasteiger partial charge in [-0.05, 0) is 73.1 Å². The second-order valence-electron chi connectivity index (χ2n) is 8.79. The summed E-state index contributed by atoms with van der Waals surface area (Å²) < 4.78 is 11.9. The van der Waals surface area contributed by atoms with Crippen molar-refractivity contribution in [3.05, 3.63) is 97.1 Å². The molecule has 0 radical (unpaired) electrons. The van der Waals surface area contributed by atoms with Gasteiger partial charge in [0.05, 0.1) is 13.2 Å². The normalized spacial score (nSPS) is 11.5. The zero-order chi connectivity index (χ0) is 24.5. The van der Waals surface area contributed by atoms with Crippen molar-refractivity contribution in [2.24, 2.45) is 0 Å². The minimum atomic E-state index is -0.106. The van der Waals surface area contributed by atoms with E-state index in [0.29, 0.717) is 11.5 Å². The van der Waals surface area contributed by atoms with Crippen molar-refractivity contribution < 1.29 is 19.7 Å². The van der Waals surface area contributed by atoms with Crippen LogP contribution in [0.1, 0.15) is 0 Å². The quantitative estimate of drug-likeness (QED) is 0.253. The first-order valence-electron chi connectivity index (χ1n) is 12.2. The molecule has 0 fully saturated rings. The fourth-order valence-electron chi connectivity index (χ4n) is 5.20. The molecule has 6 aromatic carbocycles. The monoisotopic (exact) mass is 474 g/mol. The maximum Gasteiger partial charge on any atom is 0.169 e. The molecule has 0 unspecified atom stereocenters. The number of aliphatic hydroxyl groups is 2. The van der Waals surface area contributed by atoms with Gasteiger partial charge in [-0.25, -0.2) is 0 Å². The predicted molar refractivity (Wildman–Crippen MR) is 147 cm³/mol. The summed E-state index contributed by atoms with van der Waals surface area (Å²) in [6.45, 7) is 0.113. The van der Waals surface area contributed by atoms with Gasteiger partial charge in [-0.15, -0.1) is 0 Å². The molecule has 0 aliphatic rings. The summed E-state index contributed by atoms with van der Waals surface area (Å²) in [4.78, 5) is 0. The molecule has 0 atom stereocenters. The number of rotatable bonds is 7. The summed E-state index contributed by atoms with van der Waals surface area (Å²) in [5.74, 6) is 1.13. The Morgan fingerprint density at radius 1 is 0.472 bits per heavy atom. The van der Waals surface area contributed by atoms with Crippen LogP contribution in [0, 0.1) is 0 Å². The SMILES string of the molecule is OCCOc1ccc2c(cc(-c3cc4ccccc4c4ccccc34)c3ccccc32)c1OCCO. The summed E-state index contributed by atoms with van der Waals surface area (Å²) in [6.07, 6.45) is 0. The molecule has 36 heavy (non-hydrogen) atoms. The zero-order valence-electron chi connectivity index (χ0n) is 19.8. The number of hydrogen-bond acceptors (Lipinski definition) is 4. The molecule has 0 spiro atoms. The molecule has 4 heteroatoms. The second kappa shape index (κ2) is 9.50. The molecule has 0 aromatic heterocycles. The van der Waals surface area contributed by atoms with Crippen molar-refractivity contribution in [2.75, 3.05) is 26.4 Å². The van der Waals surface area contributed by atoms with Crippen LogP contribution in [-0.2, 0) is 0 Å². The Balaban J connectivity index is 1.73. The van der Waals surface area contributed by atoms with E-state index in [9.17, 15) is 10.2 Å². The van der Waals surface area contributed by atoms with Gasteiger partial charge in [-0.3, -0.25) is 0 Å². The maximum absolute atomic E-state index is 9.48. The third-order valence-corrected chi connectivity index (χ3v) is 6.70. The lowest BCUT2D eigenvalue weighted by atomic mass is 9.88. The van der Waals surface area contributed by atoms with Crippen LogP contribution in [0.15, 0.2) is 97.1 Å². The Morgan fingerprint density at radius 3 is 1.69 bits per heavy atom. The molecule has 0 saturated heterocycles. The van der Waals surface area contributed by atoms with Crippen LogP contribution in [0.3, 0.4) is 0 Å². The first kappa shape index (κ1) is 22.4. The molecule has 0 bridgehead atoms. The van der Waals surface area contributed by atoms with E-state index in [2.05, 4.69) is 84.9 Å². The Hall–Kier alpha value is -4.12. The van der Waals surface area contributed by atoms with Crippen molar-refractivity contribution in [1.29, 1.82) is 0 Å². The van der Waals surface area contributed by atoms with Gasteiger partial charge in [0.2, 0.25) is 0 Å². The van der Waals surface area contributed by atoms with Crippen molar-refractivity contribution in [3.63, 3.8) is 0 Å². The highest BCUT2D eigenvalue weighted by Crippen LogP contribution is 2.45. The highest BCUT2D eigenvalue weighted by atomic mass is 16.5. The van der Waals surface area contributed by atoms with Gasteiger partial charge in [0.25, 0.3) is 0 Å². The van der Waals surface area contributed by atoms with Crippen molar-refractivity contribution in [2.45, 2.75) is 0 Å². The molecule has 0 heterocycles. The fraction of sp³-hybridized carbons (Fsp3) is 0.125. The van der Waals surface area contributed by atoms with Gasteiger partial charge < -0.3 is 19.7 Å². The molecular weight excluding hydrogens is 448 g/mol. The van der Waals surface area contributed by atoms with Gasteiger partial charge in [-0.1, -0.05) is 72.8 Å². The molecular formula is C32H26O4. The first-order chi connectivity index (χ1) is 17.8. The Kier molecular flexibility index (Phi) is 5.90. The molecule has 0 aliphatic heterocycles. The molecule has 4 nitrogen and oxygen atoms in total. The largest absolute Gasteiger partial charge is 0.487 e. The zero-order valence-corrected chi connectivity index (χ0v) is 19.8. The van der Waals surface area contributed by atoms with Crippen LogP contribution in [0.25, 0.3) is 54.2 Å². The van der Waals surface area contributed by atoms with E-state index < -0.39 is 0 Å². The average molecular weight is 475 g/mol. The van der Waals surface area contributed by atoms with E-state index in [1.165, 1.54) is 21.5 Å². The Labute approximate surface area is 208 Å². The standard InChI is InChI=1S/C32H26O4/c33-15-17-35-31-14-13-27-24-10-4-6-12-26(24)29(20-30(27)32(31)36-18-16-34)28-19-21-7-1-2-8-22(21)23-9-3-5-11-25(23)28/h1-14,19-20,33-34H,15-18H2. The van der Waals surface area contributed by atoms with E-state index in [1.807, 2.05) is 12.1 Å². The number of hydrogen-bond donors (Lipinski definition) is 2. The summed E-state index contributed by atoms with van der Waals surface area (Å²) in [6, 6.07) is 33.8. The van der Waals surface area contributed by atoms with E-state index in [-0.39, 0.29) is 26.4 Å². The van der Waals surface area contributed by atoms with Crippen molar-refractivity contribution in [3.8, 4) is 22.6 Å². The number of aliphatic hydroxyl groups excluding tert-OH is 2. The number of fused-ring (bicyclic) bond motifs is 6. The lowest BCUT2D eigenvalue weighted by Crippen LogP contribution is -2.07.